The van der Waals surface area contributed by atoms with Gasteiger partial charge >= 0.3 is 21.7 Å². The summed E-state index contributed by atoms with van der Waals surface area (Å²) in [5.74, 6) is 0. The van der Waals surface area contributed by atoms with Crippen LogP contribution in [-0.4, -0.2) is 13.8 Å². The molecule has 3 rings (SSSR count). The van der Waals surface area contributed by atoms with Crippen molar-refractivity contribution in [3.63, 3.8) is 0 Å². The number of benzene rings is 2. The van der Waals surface area contributed by atoms with E-state index in [-0.39, 0.29) is 52.1 Å². The summed E-state index contributed by atoms with van der Waals surface area (Å²) in [5, 5.41) is 1.56. The van der Waals surface area contributed by atoms with E-state index < -0.39 is 8.24 Å². The van der Waals surface area contributed by atoms with E-state index in [2.05, 4.69) is 81.3 Å². The van der Waals surface area contributed by atoms with E-state index in [0.717, 1.165) is 6.42 Å². The molecule has 2 aromatic rings. The molecule has 0 fully saturated rings. The third-order valence-electron chi connectivity index (χ3n) is 4.21. The number of halogens is 2. The number of nitrogens with one attached hydrogen (secondary N) is 1. The van der Waals surface area contributed by atoms with Crippen LogP contribution in [0.5, 0.6) is 0 Å². The number of rotatable bonds is 2. The molecule has 0 aromatic heterocycles. The molecular weight excluding hydrogens is 389 g/mol. The minimum Gasteiger partial charge on any atom is -1.00 e. The van der Waals surface area contributed by atoms with Gasteiger partial charge in [0.2, 0.25) is 0 Å². The first-order valence-corrected chi connectivity index (χ1v) is 10.8. The Bertz CT molecular complexity index is 696. The van der Waals surface area contributed by atoms with Gasteiger partial charge in [0.25, 0.3) is 0 Å². The van der Waals surface area contributed by atoms with E-state index in [1.165, 1.54) is 16.7 Å². The largest absolute Gasteiger partial charge is 2.00 e. The van der Waals surface area contributed by atoms with Crippen molar-refractivity contribution < 1.29 is 46.5 Å². The average Bonchev–Trinajstić information content (AvgIpc) is 2.74. The molecule has 5 heteroatoms. The molecule has 0 amide bonds. The number of hydrogen-bond donors (Lipinski definition) is 1. The summed E-state index contributed by atoms with van der Waals surface area (Å²) in [6.07, 6.45) is 1.09. The topological polar surface area (TPSA) is 12.0 Å². The van der Waals surface area contributed by atoms with Crippen molar-refractivity contribution in [2.75, 3.05) is 0 Å². The van der Waals surface area contributed by atoms with Crippen molar-refractivity contribution >= 4 is 13.4 Å². The fourth-order valence-corrected chi connectivity index (χ4v) is 7.25. The zero-order chi connectivity index (χ0) is 15.3. The van der Waals surface area contributed by atoms with Gasteiger partial charge in [0.15, 0.2) is 8.24 Å². The Morgan fingerprint density at radius 1 is 0.875 bits per heavy atom. The Balaban J connectivity index is 0.00000176. The monoisotopic (exact) mass is 413 g/mol. The first-order chi connectivity index (χ1) is 9.78. The van der Waals surface area contributed by atoms with Crippen LogP contribution >= 0.6 is 0 Å². The molecule has 24 heavy (non-hydrogen) atoms. The van der Waals surface area contributed by atoms with Crippen LogP contribution in [0.4, 0.5) is 0 Å². The van der Waals surface area contributed by atoms with Gasteiger partial charge in [-0.15, -0.1) is 0 Å². The summed E-state index contributed by atoms with van der Waals surface area (Å²) in [4.78, 5) is 3.91. The number of hydrogen-bond acceptors (Lipinski definition) is 1. The quantitative estimate of drug-likeness (QED) is 0.482. The normalized spacial score (nSPS) is 12.2. The third-order valence-corrected chi connectivity index (χ3v) is 7.40. The molecule has 1 N–H and O–H groups in total. The SMILES string of the molecule is CC(C)(C)N[Si](C)(C)c1cccc2c1Cc1ccccc1-2.[Cl-].[Cl-].[Ti+2]. The van der Waals surface area contributed by atoms with Crippen molar-refractivity contribution in [1.29, 1.82) is 0 Å². The van der Waals surface area contributed by atoms with E-state index in [1.807, 2.05) is 0 Å². The van der Waals surface area contributed by atoms with Crippen LogP contribution in [0.3, 0.4) is 0 Å². The van der Waals surface area contributed by atoms with Crippen LogP contribution in [0.2, 0.25) is 13.1 Å². The Kier molecular flexibility index (Phi) is 8.50. The maximum atomic E-state index is 3.91. The minimum atomic E-state index is -1.66. The Morgan fingerprint density at radius 3 is 2.08 bits per heavy atom. The first kappa shape index (κ1) is 23.9. The fourth-order valence-electron chi connectivity index (χ4n) is 3.75. The number of fused-ring (bicyclic) bond motifs is 3. The second-order valence-corrected chi connectivity index (χ2v) is 11.7. The van der Waals surface area contributed by atoms with E-state index >= 15 is 0 Å². The Morgan fingerprint density at radius 2 is 1.46 bits per heavy atom. The molecule has 1 nitrogen and oxygen atoms in total. The maximum absolute atomic E-state index is 3.91. The summed E-state index contributed by atoms with van der Waals surface area (Å²) in [6.45, 7) is 11.6. The maximum Gasteiger partial charge on any atom is 2.00 e. The van der Waals surface area contributed by atoms with Crippen LogP contribution in [0.25, 0.3) is 11.1 Å². The zero-order valence-electron chi connectivity index (χ0n) is 15.0. The van der Waals surface area contributed by atoms with Crippen molar-refractivity contribution in [3.05, 3.63) is 53.6 Å². The van der Waals surface area contributed by atoms with Gasteiger partial charge in [-0.25, -0.2) is 0 Å². The molecule has 0 atom stereocenters. The van der Waals surface area contributed by atoms with Gasteiger partial charge in [-0.3, -0.25) is 0 Å². The van der Waals surface area contributed by atoms with Crippen LogP contribution in [0.15, 0.2) is 42.5 Å². The molecule has 1 aliphatic carbocycles. The van der Waals surface area contributed by atoms with Gasteiger partial charge < -0.3 is 29.8 Å². The fraction of sp³-hybridized carbons (Fsp3) is 0.368. The van der Waals surface area contributed by atoms with E-state index in [4.69, 9.17) is 0 Å². The van der Waals surface area contributed by atoms with Crippen LogP contribution in [0.1, 0.15) is 31.9 Å². The predicted molar refractivity (Wildman–Crippen MR) is 94.7 cm³/mol. The smallest absolute Gasteiger partial charge is 1.00 e. The van der Waals surface area contributed by atoms with Gasteiger partial charge in [-0.2, -0.15) is 0 Å². The molecule has 0 saturated heterocycles. The molecule has 0 radical (unpaired) electrons. The third kappa shape index (κ3) is 4.75. The second-order valence-electron chi connectivity index (χ2n) is 7.67. The summed E-state index contributed by atoms with van der Waals surface area (Å²) in [7, 11) is -1.66. The molecule has 1 aliphatic rings. The first-order valence-electron chi connectivity index (χ1n) is 7.78. The molecule has 0 spiro atoms. The van der Waals surface area contributed by atoms with Gasteiger partial charge in [0, 0.05) is 5.54 Å². The molecule has 0 unspecified atom stereocenters. The molecule has 0 heterocycles. The van der Waals surface area contributed by atoms with Gasteiger partial charge in [-0.05, 0) is 54.6 Å². The van der Waals surface area contributed by atoms with Gasteiger partial charge in [0.1, 0.15) is 0 Å². The van der Waals surface area contributed by atoms with Gasteiger partial charge in [0.05, 0.1) is 0 Å². The molecule has 0 saturated carbocycles. The van der Waals surface area contributed by atoms with Crippen molar-refractivity contribution in [3.8, 4) is 11.1 Å². The standard InChI is InChI=1S/C19H25NSi.2ClH.Ti/c1-19(2,3)20-21(4,5)18-12-8-11-16-15-10-7-6-9-14(15)13-17(16)18;;;/h6-12,20H,13H2,1-5H3;2*1H;/q;;;+2/p-2. The van der Waals surface area contributed by atoms with Crippen molar-refractivity contribution in [1.82, 2.24) is 4.98 Å². The predicted octanol–water partition coefficient (Wildman–Crippen LogP) is -1.94. The van der Waals surface area contributed by atoms with Crippen molar-refractivity contribution in [2.45, 2.75) is 45.8 Å². The van der Waals surface area contributed by atoms with Crippen LogP contribution in [0, 0.1) is 0 Å². The second kappa shape index (κ2) is 8.53. The minimum absolute atomic E-state index is 0. The molecule has 0 bridgehead atoms. The average molecular weight is 414 g/mol. The van der Waals surface area contributed by atoms with E-state index in [1.54, 1.807) is 10.8 Å². The summed E-state index contributed by atoms with van der Waals surface area (Å²) in [5.41, 5.74) is 6.05. The van der Waals surface area contributed by atoms with Gasteiger partial charge in [-0.1, -0.05) is 55.6 Å². The Hall–Kier alpha value is -0.0888. The molecule has 0 aliphatic heterocycles. The molecule has 2 aromatic carbocycles. The summed E-state index contributed by atoms with van der Waals surface area (Å²) < 4.78 is 0. The summed E-state index contributed by atoms with van der Waals surface area (Å²) >= 11 is 0. The van der Waals surface area contributed by atoms with Crippen LogP contribution < -0.4 is 35.0 Å². The van der Waals surface area contributed by atoms with E-state index in [9.17, 15) is 0 Å². The molecular formula is C19H25Cl2NSiTi. The van der Waals surface area contributed by atoms with E-state index in [0.29, 0.717) is 0 Å². The zero-order valence-corrected chi connectivity index (χ0v) is 19.1. The Labute approximate surface area is 174 Å². The molecule has 128 valence electrons. The summed E-state index contributed by atoms with van der Waals surface area (Å²) in [6, 6.07) is 15.7. The van der Waals surface area contributed by atoms with Crippen molar-refractivity contribution in [2.24, 2.45) is 0 Å². The van der Waals surface area contributed by atoms with Crippen LogP contribution in [-0.2, 0) is 28.1 Å².